The molecule has 2 aromatic rings. The highest BCUT2D eigenvalue weighted by molar-refractivity contribution is 5.88. The first kappa shape index (κ1) is 10.2. The molecule has 0 radical (unpaired) electrons. The summed E-state index contributed by atoms with van der Waals surface area (Å²) in [4.78, 5) is 15.1. The molecule has 6 nitrogen and oxygen atoms in total. The molecule has 0 aromatic carbocycles. The van der Waals surface area contributed by atoms with Crippen LogP contribution in [-0.2, 0) is 4.74 Å². The molecule has 6 heteroatoms. The van der Waals surface area contributed by atoms with Crippen LogP contribution in [0.5, 0.6) is 0 Å². The van der Waals surface area contributed by atoms with Gasteiger partial charge in [-0.3, -0.25) is 0 Å². The van der Waals surface area contributed by atoms with Crippen molar-refractivity contribution < 1.29 is 14.6 Å². The number of hydrogen-bond acceptors (Lipinski definition) is 4. The van der Waals surface area contributed by atoms with Gasteiger partial charge in [0.25, 0.3) is 0 Å². The van der Waals surface area contributed by atoms with Crippen molar-refractivity contribution in [1.82, 2.24) is 14.6 Å². The number of rotatable bonds is 2. The molecule has 1 aliphatic heterocycles. The molecule has 1 fully saturated rings. The molecule has 88 valence electrons. The Morgan fingerprint density at radius 3 is 3.18 bits per heavy atom. The summed E-state index contributed by atoms with van der Waals surface area (Å²) in [6, 6.07) is 3.01. The lowest BCUT2D eigenvalue weighted by atomic mass is 10.2. The van der Waals surface area contributed by atoms with Crippen molar-refractivity contribution in [2.45, 2.75) is 18.9 Å². The smallest absolute Gasteiger partial charge is 0.335 e. The van der Waals surface area contributed by atoms with Crippen LogP contribution in [0.15, 0.2) is 18.3 Å². The number of pyridine rings is 1. The lowest BCUT2D eigenvalue weighted by Gasteiger charge is -2.01. The van der Waals surface area contributed by atoms with Crippen molar-refractivity contribution in [1.29, 1.82) is 0 Å². The van der Waals surface area contributed by atoms with E-state index in [-0.39, 0.29) is 11.7 Å². The van der Waals surface area contributed by atoms with E-state index in [0.717, 1.165) is 19.4 Å². The Morgan fingerprint density at radius 2 is 2.47 bits per heavy atom. The van der Waals surface area contributed by atoms with Crippen LogP contribution in [0, 0.1) is 0 Å². The summed E-state index contributed by atoms with van der Waals surface area (Å²) in [5.41, 5.74) is 0.749. The topological polar surface area (TPSA) is 76.7 Å². The molecule has 1 N–H and O–H groups in total. The summed E-state index contributed by atoms with van der Waals surface area (Å²) in [7, 11) is 0. The summed E-state index contributed by atoms with van der Waals surface area (Å²) in [5, 5.41) is 13.2. The highest BCUT2D eigenvalue weighted by atomic mass is 16.5. The second-order valence-electron chi connectivity index (χ2n) is 4.00. The Balaban J connectivity index is 2.03. The van der Waals surface area contributed by atoms with Crippen LogP contribution in [0.2, 0.25) is 0 Å². The van der Waals surface area contributed by atoms with Crippen LogP contribution in [-0.4, -0.2) is 32.3 Å². The number of aromatic carboxylic acids is 1. The molecule has 0 amide bonds. The first-order valence-electron chi connectivity index (χ1n) is 5.45. The van der Waals surface area contributed by atoms with Crippen molar-refractivity contribution in [3.8, 4) is 0 Å². The lowest BCUT2D eigenvalue weighted by Crippen LogP contribution is -1.99. The third-order valence-electron chi connectivity index (χ3n) is 2.82. The van der Waals surface area contributed by atoms with Crippen molar-refractivity contribution >= 4 is 11.6 Å². The monoisotopic (exact) mass is 233 g/mol. The van der Waals surface area contributed by atoms with Gasteiger partial charge in [0.1, 0.15) is 6.10 Å². The Morgan fingerprint density at radius 1 is 1.59 bits per heavy atom. The van der Waals surface area contributed by atoms with E-state index in [0.29, 0.717) is 11.5 Å². The Bertz CT molecular complexity index is 572. The summed E-state index contributed by atoms with van der Waals surface area (Å²) in [5.74, 6) is -0.334. The third-order valence-corrected chi connectivity index (χ3v) is 2.82. The maximum absolute atomic E-state index is 10.8. The fraction of sp³-hybridized carbons (Fsp3) is 0.364. The summed E-state index contributed by atoms with van der Waals surface area (Å²) >= 11 is 0. The summed E-state index contributed by atoms with van der Waals surface area (Å²) in [6.45, 7) is 0.737. The maximum Gasteiger partial charge on any atom is 0.335 e. The molecule has 3 rings (SSSR count). The van der Waals surface area contributed by atoms with Gasteiger partial charge in [0.15, 0.2) is 11.5 Å². The van der Waals surface area contributed by atoms with E-state index in [2.05, 4.69) is 10.1 Å². The summed E-state index contributed by atoms with van der Waals surface area (Å²) in [6.07, 6.45) is 3.48. The number of hydrogen-bond donors (Lipinski definition) is 1. The molecule has 2 aromatic heterocycles. The van der Waals surface area contributed by atoms with Gasteiger partial charge in [-0.2, -0.15) is 0 Å². The second kappa shape index (κ2) is 3.81. The van der Waals surface area contributed by atoms with Crippen LogP contribution >= 0.6 is 0 Å². The molecule has 1 aliphatic rings. The number of fused-ring (bicyclic) bond motifs is 1. The number of carboxylic acid groups (broad SMARTS) is 1. The van der Waals surface area contributed by atoms with Gasteiger partial charge in [0.05, 0.1) is 5.56 Å². The molecule has 1 saturated heterocycles. The summed E-state index contributed by atoms with van der Waals surface area (Å²) < 4.78 is 7.06. The zero-order valence-electron chi connectivity index (χ0n) is 9.04. The predicted octanol–water partition coefficient (Wildman–Crippen LogP) is 1.28. The average molecular weight is 233 g/mol. The molecule has 1 atom stereocenters. The van der Waals surface area contributed by atoms with Crippen LogP contribution in [0.25, 0.3) is 5.65 Å². The quantitative estimate of drug-likeness (QED) is 0.845. The van der Waals surface area contributed by atoms with Gasteiger partial charge >= 0.3 is 5.97 Å². The molecule has 0 aliphatic carbocycles. The van der Waals surface area contributed by atoms with Gasteiger partial charge in [-0.05, 0) is 25.0 Å². The molecule has 1 unspecified atom stereocenters. The molecule has 0 saturated carbocycles. The molecule has 0 bridgehead atoms. The zero-order chi connectivity index (χ0) is 11.8. The van der Waals surface area contributed by atoms with Gasteiger partial charge in [-0.1, -0.05) is 0 Å². The first-order valence-corrected chi connectivity index (χ1v) is 5.45. The number of nitrogens with zero attached hydrogens (tertiary/aromatic N) is 3. The molecule has 3 heterocycles. The van der Waals surface area contributed by atoms with Gasteiger partial charge < -0.3 is 9.84 Å². The second-order valence-corrected chi connectivity index (χ2v) is 4.00. The fourth-order valence-electron chi connectivity index (χ4n) is 1.95. The van der Waals surface area contributed by atoms with E-state index in [1.165, 1.54) is 12.1 Å². The normalized spacial score (nSPS) is 19.9. The SMILES string of the molecule is O=C(O)c1ccn2nc(C3CCCO3)nc2c1. The molecular formula is C11H11N3O3. The van der Waals surface area contributed by atoms with E-state index in [4.69, 9.17) is 9.84 Å². The van der Waals surface area contributed by atoms with Crippen LogP contribution in [0.3, 0.4) is 0 Å². The minimum absolute atomic E-state index is 0.0526. The minimum atomic E-state index is -0.964. The standard InChI is InChI=1S/C11H11N3O3/c15-11(16)7-3-4-14-9(6-7)12-10(13-14)8-2-1-5-17-8/h3-4,6,8H,1-2,5H2,(H,15,16). The largest absolute Gasteiger partial charge is 0.478 e. The van der Waals surface area contributed by atoms with Gasteiger partial charge in [-0.15, -0.1) is 5.10 Å². The van der Waals surface area contributed by atoms with Gasteiger partial charge in [0, 0.05) is 12.8 Å². The number of carbonyl (C=O) groups is 1. The number of aromatic nitrogens is 3. The van der Waals surface area contributed by atoms with Gasteiger partial charge in [0.2, 0.25) is 0 Å². The van der Waals surface area contributed by atoms with Crippen molar-refractivity contribution in [3.05, 3.63) is 29.7 Å². The van der Waals surface area contributed by atoms with E-state index in [1.807, 2.05) is 0 Å². The van der Waals surface area contributed by atoms with Crippen molar-refractivity contribution in [2.75, 3.05) is 6.61 Å². The van der Waals surface area contributed by atoms with E-state index >= 15 is 0 Å². The van der Waals surface area contributed by atoms with Crippen LogP contribution in [0.4, 0.5) is 0 Å². The highest BCUT2D eigenvalue weighted by Crippen LogP contribution is 2.26. The fourth-order valence-corrected chi connectivity index (χ4v) is 1.95. The van der Waals surface area contributed by atoms with Crippen LogP contribution in [0.1, 0.15) is 35.1 Å². The predicted molar refractivity (Wildman–Crippen MR) is 57.9 cm³/mol. The first-order chi connectivity index (χ1) is 8.24. The van der Waals surface area contributed by atoms with E-state index in [1.54, 1.807) is 10.7 Å². The van der Waals surface area contributed by atoms with Crippen molar-refractivity contribution in [3.63, 3.8) is 0 Å². The number of carboxylic acids is 1. The lowest BCUT2D eigenvalue weighted by molar-refractivity contribution is 0.0697. The molecule has 17 heavy (non-hydrogen) atoms. The maximum atomic E-state index is 10.8. The molecular weight excluding hydrogens is 222 g/mol. The van der Waals surface area contributed by atoms with Crippen LogP contribution < -0.4 is 0 Å². The minimum Gasteiger partial charge on any atom is -0.478 e. The highest BCUT2D eigenvalue weighted by Gasteiger charge is 2.22. The molecule has 0 spiro atoms. The number of ether oxygens (including phenoxy) is 1. The average Bonchev–Trinajstić information content (AvgIpc) is 2.96. The van der Waals surface area contributed by atoms with E-state index in [9.17, 15) is 4.79 Å². The zero-order valence-corrected chi connectivity index (χ0v) is 9.04. The Labute approximate surface area is 96.8 Å². The van der Waals surface area contributed by atoms with Crippen molar-refractivity contribution in [2.24, 2.45) is 0 Å². The third kappa shape index (κ3) is 1.76. The Hall–Kier alpha value is -1.95. The van der Waals surface area contributed by atoms with E-state index < -0.39 is 5.97 Å². The Kier molecular flexibility index (Phi) is 2.29. The van der Waals surface area contributed by atoms with Gasteiger partial charge in [-0.25, -0.2) is 14.3 Å².